The fourth-order valence-electron chi connectivity index (χ4n) is 1.78. The third-order valence-corrected chi connectivity index (χ3v) is 3.99. The van der Waals surface area contributed by atoms with E-state index in [2.05, 4.69) is 5.32 Å². The smallest absolute Gasteiger partial charge is 0.151 e. The Morgan fingerprint density at radius 1 is 1.38 bits per heavy atom. The van der Waals surface area contributed by atoms with Crippen LogP contribution in [0.5, 0.6) is 0 Å². The highest BCUT2D eigenvalue weighted by molar-refractivity contribution is 8.00. The standard InChI is InChI=1S/C11H14F2N2S/c12-9-4-7(14)5-10(13)11(9)15-6-8-2-1-3-16-8/h4-5,8,15H,1-3,6,14H2. The van der Waals surface area contributed by atoms with Crippen molar-refractivity contribution >= 4 is 23.1 Å². The van der Waals surface area contributed by atoms with Crippen LogP contribution in [0.15, 0.2) is 12.1 Å². The Balaban J connectivity index is 2.03. The van der Waals surface area contributed by atoms with Crippen molar-refractivity contribution in [1.82, 2.24) is 0 Å². The average Bonchev–Trinajstić information content (AvgIpc) is 2.68. The van der Waals surface area contributed by atoms with Crippen molar-refractivity contribution in [3.8, 4) is 0 Å². The number of halogens is 2. The Morgan fingerprint density at radius 3 is 2.62 bits per heavy atom. The number of anilines is 2. The molecule has 1 atom stereocenters. The molecule has 1 unspecified atom stereocenters. The molecule has 16 heavy (non-hydrogen) atoms. The third kappa shape index (κ3) is 2.58. The highest BCUT2D eigenvalue weighted by Gasteiger charge is 2.17. The van der Waals surface area contributed by atoms with Gasteiger partial charge in [-0.3, -0.25) is 0 Å². The van der Waals surface area contributed by atoms with Crippen molar-refractivity contribution in [3.05, 3.63) is 23.8 Å². The molecule has 1 aliphatic rings. The van der Waals surface area contributed by atoms with E-state index in [0.29, 0.717) is 11.8 Å². The van der Waals surface area contributed by atoms with Crippen molar-refractivity contribution in [2.75, 3.05) is 23.3 Å². The molecule has 0 bridgehead atoms. The summed E-state index contributed by atoms with van der Waals surface area (Å²) in [6.45, 7) is 0.600. The maximum atomic E-state index is 13.4. The van der Waals surface area contributed by atoms with Crippen LogP contribution in [-0.4, -0.2) is 17.5 Å². The molecule has 0 amide bonds. The molecule has 3 N–H and O–H groups in total. The number of nitrogens with one attached hydrogen (secondary N) is 1. The first-order chi connectivity index (χ1) is 7.66. The predicted octanol–water partition coefficient (Wildman–Crippen LogP) is 2.85. The van der Waals surface area contributed by atoms with E-state index >= 15 is 0 Å². The number of hydrogen-bond donors (Lipinski definition) is 2. The van der Waals surface area contributed by atoms with Gasteiger partial charge in [-0.25, -0.2) is 8.78 Å². The van der Waals surface area contributed by atoms with Gasteiger partial charge in [0.05, 0.1) is 0 Å². The Bertz CT molecular complexity index is 355. The van der Waals surface area contributed by atoms with Crippen LogP contribution in [0.2, 0.25) is 0 Å². The molecule has 0 aromatic heterocycles. The molecule has 0 aliphatic carbocycles. The van der Waals surface area contributed by atoms with Crippen molar-refractivity contribution in [2.24, 2.45) is 0 Å². The zero-order valence-electron chi connectivity index (χ0n) is 8.80. The number of benzene rings is 1. The minimum Gasteiger partial charge on any atom is -0.399 e. The topological polar surface area (TPSA) is 38.0 Å². The van der Waals surface area contributed by atoms with E-state index in [0.717, 1.165) is 24.3 Å². The van der Waals surface area contributed by atoms with E-state index in [1.807, 2.05) is 11.8 Å². The second-order valence-electron chi connectivity index (χ2n) is 3.88. The molecule has 1 saturated heterocycles. The first-order valence-corrected chi connectivity index (χ1v) is 6.31. The monoisotopic (exact) mass is 244 g/mol. The lowest BCUT2D eigenvalue weighted by Crippen LogP contribution is -2.15. The molecule has 1 fully saturated rings. The van der Waals surface area contributed by atoms with E-state index < -0.39 is 11.6 Å². The van der Waals surface area contributed by atoms with Gasteiger partial charge in [0.2, 0.25) is 0 Å². The average molecular weight is 244 g/mol. The van der Waals surface area contributed by atoms with Gasteiger partial charge in [0.1, 0.15) is 5.69 Å². The van der Waals surface area contributed by atoms with Crippen molar-refractivity contribution in [3.63, 3.8) is 0 Å². The Labute approximate surface area is 97.6 Å². The maximum Gasteiger partial charge on any atom is 0.151 e. The molecule has 88 valence electrons. The van der Waals surface area contributed by atoms with E-state index in [9.17, 15) is 8.78 Å². The normalized spacial score (nSPS) is 20.0. The zero-order chi connectivity index (χ0) is 11.5. The minimum atomic E-state index is -0.625. The summed E-state index contributed by atoms with van der Waals surface area (Å²) >= 11 is 1.84. The molecule has 2 nitrogen and oxygen atoms in total. The van der Waals surface area contributed by atoms with Gasteiger partial charge in [-0.1, -0.05) is 0 Å². The van der Waals surface area contributed by atoms with Crippen LogP contribution in [0.4, 0.5) is 20.2 Å². The number of nitrogens with two attached hydrogens (primary N) is 1. The molecule has 5 heteroatoms. The molecular formula is C11H14F2N2S. The Morgan fingerprint density at radius 2 is 2.06 bits per heavy atom. The van der Waals surface area contributed by atoms with Crippen LogP contribution in [0.1, 0.15) is 12.8 Å². The lowest BCUT2D eigenvalue weighted by molar-refractivity contribution is 0.588. The van der Waals surface area contributed by atoms with Gasteiger partial charge in [-0.15, -0.1) is 0 Å². The van der Waals surface area contributed by atoms with Gasteiger partial charge in [-0.05, 0) is 30.7 Å². The third-order valence-electron chi connectivity index (χ3n) is 2.59. The molecule has 2 rings (SSSR count). The van der Waals surface area contributed by atoms with Gasteiger partial charge in [-0.2, -0.15) is 11.8 Å². The molecule has 1 aromatic rings. The van der Waals surface area contributed by atoms with E-state index in [1.165, 1.54) is 6.42 Å². The van der Waals surface area contributed by atoms with Crippen LogP contribution >= 0.6 is 11.8 Å². The summed E-state index contributed by atoms with van der Waals surface area (Å²) in [4.78, 5) is 0. The molecular weight excluding hydrogens is 230 g/mol. The molecule has 1 aromatic carbocycles. The minimum absolute atomic E-state index is 0.0679. The fourth-order valence-corrected chi connectivity index (χ4v) is 2.98. The molecule has 0 saturated carbocycles. The highest BCUT2D eigenvalue weighted by atomic mass is 32.2. The van der Waals surface area contributed by atoms with E-state index in [-0.39, 0.29) is 11.4 Å². The second-order valence-corrected chi connectivity index (χ2v) is 5.28. The number of nitrogen functional groups attached to an aromatic ring is 1. The number of hydrogen-bond acceptors (Lipinski definition) is 3. The van der Waals surface area contributed by atoms with Gasteiger partial charge < -0.3 is 11.1 Å². The highest BCUT2D eigenvalue weighted by Crippen LogP contribution is 2.28. The van der Waals surface area contributed by atoms with Crippen LogP contribution in [0.25, 0.3) is 0 Å². The number of rotatable bonds is 3. The van der Waals surface area contributed by atoms with Gasteiger partial charge in [0, 0.05) is 17.5 Å². The summed E-state index contributed by atoms with van der Waals surface area (Å²) < 4.78 is 26.8. The van der Waals surface area contributed by atoms with Crippen LogP contribution < -0.4 is 11.1 Å². The lowest BCUT2D eigenvalue weighted by Gasteiger charge is -2.13. The lowest BCUT2D eigenvalue weighted by atomic mass is 10.2. The summed E-state index contributed by atoms with van der Waals surface area (Å²) in [5.41, 5.74) is 5.37. The fraction of sp³-hybridized carbons (Fsp3) is 0.455. The number of thioether (sulfide) groups is 1. The van der Waals surface area contributed by atoms with Crippen LogP contribution in [0.3, 0.4) is 0 Å². The van der Waals surface area contributed by atoms with Crippen LogP contribution in [0, 0.1) is 11.6 Å². The van der Waals surface area contributed by atoms with Gasteiger partial charge >= 0.3 is 0 Å². The predicted molar refractivity (Wildman–Crippen MR) is 64.7 cm³/mol. The van der Waals surface area contributed by atoms with E-state index in [4.69, 9.17) is 5.73 Å². The maximum absolute atomic E-state index is 13.4. The SMILES string of the molecule is Nc1cc(F)c(NCC2CCCS2)c(F)c1. The van der Waals surface area contributed by atoms with Crippen molar-refractivity contribution < 1.29 is 8.78 Å². The summed E-state index contributed by atoms with van der Waals surface area (Å²) in [5.74, 6) is -0.111. The summed E-state index contributed by atoms with van der Waals surface area (Å²) in [6, 6.07) is 2.26. The summed E-state index contributed by atoms with van der Waals surface area (Å²) in [7, 11) is 0. The van der Waals surface area contributed by atoms with Gasteiger partial charge in [0.15, 0.2) is 11.6 Å². The largest absolute Gasteiger partial charge is 0.399 e. The Kier molecular flexibility index (Phi) is 3.53. The van der Waals surface area contributed by atoms with E-state index in [1.54, 1.807) is 0 Å². The van der Waals surface area contributed by atoms with Gasteiger partial charge in [0.25, 0.3) is 0 Å². The molecule has 0 spiro atoms. The Hall–Kier alpha value is -0.970. The zero-order valence-corrected chi connectivity index (χ0v) is 9.62. The summed E-state index contributed by atoms with van der Waals surface area (Å²) in [6.07, 6.45) is 2.29. The van der Waals surface area contributed by atoms with Crippen LogP contribution in [-0.2, 0) is 0 Å². The molecule has 0 radical (unpaired) electrons. The van der Waals surface area contributed by atoms with Crippen molar-refractivity contribution in [2.45, 2.75) is 18.1 Å². The molecule has 1 aliphatic heterocycles. The quantitative estimate of drug-likeness (QED) is 0.803. The first kappa shape index (κ1) is 11.5. The second kappa shape index (κ2) is 4.91. The van der Waals surface area contributed by atoms with Crippen molar-refractivity contribution in [1.29, 1.82) is 0 Å². The molecule has 1 heterocycles. The first-order valence-electron chi connectivity index (χ1n) is 5.27. The summed E-state index contributed by atoms with van der Waals surface area (Å²) in [5, 5.41) is 3.28.